The summed E-state index contributed by atoms with van der Waals surface area (Å²) in [6, 6.07) is 9.94. The lowest BCUT2D eigenvalue weighted by Gasteiger charge is -2.39. The van der Waals surface area contributed by atoms with E-state index in [0.29, 0.717) is 31.0 Å². The van der Waals surface area contributed by atoms with Crippen molar-refractivity contribution >= 4 is 11.6 Å². The topological polar surface area (TPSA) is 85.2 Å². The number of carbonyl (C=O) groups excluding carboxylic acids is 1. The molecule has 1 unspecified atom stereocenters. The Morgan fingerprint density at radius 2 is 1.74 bits per heavy atom. The second-order valence-corrected chi connectivity index (χ2v) is 7.46. The molecule has 0 aromatic heterocycles. The Labute approximate surface area is 182 Å². The van der Waals surface area contributed by atoms with Gasteiger partial charge >= 0.3 is 0 Å². The summed E-state index contributed by atoms with van der Waals surface area (Å²) in [6.45, 7) is 6.55. The van der Waals surface area contributed by atoms with Gasteiger partial charge in [0.05, 0.1) is 31.7 Å². The Morgan fingerprint density at radius 3 is 2.29 bits per heavy atom. The van der Waals surface area contributed by atoms with Crippen LogP contribution in [-0.4, -0.2) is 61.0 Å². The van der Waals surface area contributed by atoms with Crippen LogP contribution in [0, 0.1) is 10.1 Å². The van der Waals surface area contributed by atoms with Crippen LogP contribution in [0.15, 0.2) is 36.4 Å². The third kappa shape index (κ3) is 4.64. The van der Waals surface area contributed by atoms with Crippen LogP contribution in [0.25, 0.3) is 0 Å². The number of fused-ring (bicyclic) bond motifs is 1. The first kappa shape index (κ1) is 22.6. The van der Waals surface area contributed by atoms with Crippen LogP contribution < -0.4 is 9.47 Å². The number of ether oxygens (including phenoxy) is 2. The van der Waals surface area contributed by atoms with Crippen molar-refractivity contribution in [1.29, 1.82) is 0 Å². The molecule has 3 rings (SSSR count). The van der Waals surface area contributed by atoms with E-state index in [1.54, 1.807) is 26.4 Å². The minimum atomic E-state index is -0.421. The minimum Gasteiger partial charge on any atom is -0.493 e. The maximum atomic E-state index is 13.3. The Balaban J connectivity index is 2.08. The highest BCUT2D eigenvalue weighted by molar-refractivity contribution is 5.80. The summed E-state index contributed by atoms with van der Waals surface area (Å²) >= 11 is 0. The van der Waals surface area contributed by atoms with Crippen molar-refractivity contribution in [2.24, 2.45) is 0 Å². The number of carbonyl (C=O) groups is 1. The molecule has 8 heteroatoms. The van der Waals surface area contributed by atoms with Gasteiger partial charge in [-0.1, -0.05) is 13.8 Å². The summed E-state index contributed by atoms with van der Waals surface area (Å²) in [5.74, 6) is 1.27. The average Bonchev–Trinajstić information content (AvgIpc) is 2.80. The second-order valence-electron chi connectivity index (χ2n) is 7.46. The van der Waals surface area contributed by atoms with Crippen LogP contribution in [0.2, 0.25) is 0 Å². The Morgan fingerprint density at radius 1 is 1.13 bits per heavy atom. The van der Waals surface area contributed by atoms with Crippen molar-refractivity contribution in [3.8, 4) is 11.5 Å². The van der Waals surface area contributed by atoms with Gasteiger partial charge in [-0.25, -0.2) is 0 Å². The van der Waals surface area contributed by atoms with E-state index in [4.69, 9.17) is 9.47 Å². The first-order chi connectivity index (χ1) is 14.9. The lowest BCUT2D eigenvalue weighted by atomic mass is 9.87. The highest BCUT2D eigenvalue weighted by atomic mass is 16.6. The van der Waals surface area contributed by atoms with Gasteiger partial charge in [0, 0.05) is 18.7 Å². The van der Waals surface area contributed by atoms with Gasteiger partial charge < -0.3 is 14.4 Å². The number of likely N-dealkylation sites (N-methyl/N-ethyl adjacent to an activating group) is 1. The van der Waals surface area contributed by atoms with E-state index in [1.807, 2.05) is 30.9 Å². The molecule has 0 aliphatic carbocycles. The van der Waals surface area contributed by atoms with Gasteiger partial charge in [-0.3, -0.25) is 19.8 Å². The van der Waals surface area contributed by atoms with Crippen LogP contribution in [0.5, 0.6) is 11.5 Å². The fourth-order valence-corrected chi connectivity index (χ4v) is 4.08. The molecule has 1 amide bonds. The molecule has 0 saturated heterocycles. The average molecular weight is 428 g/mol. The summed E-state index contributed by atoms with van der Waals surface area (Å²) in [5.41, 5.74) is 2.87. The second kappa shape index (κ2) is 9.78. The van der Waals surface area contributed by atoms with Gasteiger partial charge in [0.15, 0.2) is 11.5 Å². The zero-order valence-corrected chi connectivity index (χ0v) is 18.5. The molecule has 0 N–H and O–H groups in total. The normalized spacial score (nSPS) is 15.5. The molecule has 166 valence electrons. The monoisotopic (exact) mass is 427 g/mol. The number of nitro groups is 1. The predicted octanol–water partition coefficient (Wildman–Crippen LogP) is 3.43. The standard InChI is InChI=1S/C23H29N3O5/c1-5-24(6-2)15-22(27)25-12-11-17-13-20(30-3)21(31-4)14-19(17)23(25)16-7-9-18(10-8-16)26(28)29/h7-10,13-14,23H,5-6,11-12,15H2,1-4H3. The van der Waals surface area contributed by atoms with Crippen molar-refractivity contribution in [1.82, 2.24) is 9.80 Å². The Bertz CT molecular complexity index is 941. The third-order valence-corrected chi connectivity index (χ3v) is 5.87. The number of benzene rings is 2. The number of nitro benzene ring substituents is 1. The predicted molar refractivity (Wildman–Crippen MR) is 118 cm³/mol. The van der Waals surface area contributed by atoms with Crippen LogP contribution in [0.4, 0.5) is 5.69 Å². The van der Waals surface area contributed by atoms with Gasteiger partial charge in [-0.2, -0.15) is 0 Å². The highest BCUT2D eigenvalue weighted by Crippen LogP contribution is 2.41. The van der Waals surface area contributed by atoms with Gasteiger partial charge in [0.2, 0.25) is 5.91 Å². The van der Waals surface area contributed by atoms with Crippen molar-refractivity contribution in [2.75, 3.05) is 40.4 Å². The first-order valence-corrected chi connectivity index (χ1v) is 10.4. The first-order valence-electron chi connectivity index (χ1n) is 10.4. The fourth-order valence-electron chi connectivity index (χ4n) is 4.08. The molecule has 8 nitrogen and oxygen atoms in total. The number of hydrogen-bond donors (Lipinski definition) is 0. The SMILES string of the molecule is CCN(CC)CC(=O)N1CCc2cc(OC)c(OC)cc2C1c1ccc([N+](=O)[O-])cc1. The summed E-state index contributed by atoms with van der Waals surface area (Å²) in [5, 5.41) is 11.1. The van der Waals surface area contributed by atoms with Gasteiger partial charge in [0.1, 0.15) is 0 Å². The number of nitrogens with zero attached hydrogens (tertiary/aromatic N) is 3. The molecule has 2 aromatic carbocycles. The van der Waals surface area contributed by atoms with Gasteiger partial charge in [-0.05, 0) is 60.5 Å². The quantitative estimate of drug-likeness (QED) is 0.474. The highest BCUT2D eigenvalue weighted by Gasteiger charge is 2.34. The largest absolute Gasteiger partial charge is 0.493 e. The summed E-state index contributed by atoms with van der Waals surface area (Å²) < 4.78 is 11.0. The molecule has 31 heavy (non-hydrogen) atoms. The number of amides is 1. The van der Waals surface area contributed by atoms with Crippen molar-refractivity contribution in [3.63, 3.8) is 0 Å². The fraction of sp³-hybridized carbons (Fsp3) is 0.435. The molecule has 0 spiro atoms. The molecular weight excluding hydrogens is 398 g/mol. The number of non-ortho nitro benzene ring substituents is 1. The molecule has 0 saturated carbocycles. The smallest absolute Gasteiger partial charge is 0.269 e. The van der Waals surface area contributed by atoms with E-state index in [1.165, 1.54) is 12.1 Å². The number of hydrogen-bond acceptors (Lipinski definition) is 6. The van der Waals surface area contributed by atoms with E-state index in [-0.39, 0.29) is 17.6 Å². The molecule has 1 heterocycles. The summed E-state index contributed by atoms with van der Waals surface area (Å²) in [4.78, 5) is 27.9. The third-order valence-electron chi connectivity index (χ3n) is 5.87. The van der Waals surface area contributed by atoms with E-state index < -0.39 is 4.92 Å². The van der Waals surface area contributed by atoms with Crippen LogP contribution in [-0.2, 0) is 11.2 Å². The Hall–Kier alpha value is -3.13. The maximum Gasteiger partial charge on any atom is 0.269 e. The van der Waals surface area contributed by atoms with Gasteiger partial charge in [0.25, 0.3) is 5.69 Å². The van der Waals surface area contributed by atoms with Crippen molar-refractivity contribution in [3.05, 3.63) is 63.2 Å². The summed E-state index contributed by atoms with van der Waals surface area (Å²) in [7, 11) is 3.18. The van der Waals surface area contributed by atoms with Crippen molar-refractivity contribution in [2.45, 2.75) is 26.3 Å². The lowest BCUT2D eigenvalue weighted by molar-refractivity contribution is -0.384. The summed E-state index contributed by atoms with van der Waals surface area (Å²) in [6.07, 6.45) is 0.698. The number of rotatable bonds is 8. The van der Waals surface area contributed by atoms with Crippen LogP contribution in [0.1, 0.15) is 36.6 Å². The minimum absolute atomic E-state index is 0.0214. The van der Waals surface area contributed by atoms with E-state index >= 15 is 0 Å². The number of methoxy groups -OCH3 is 2. The van der Waals surface area contributed by atoms with E-state index in [2.05, 4.69) is 4.90 Å². The molecule has 1 aliphatic heterocycles. The molecular formula is C23H29N3O5. The molecule has 0 fully saturated rings. The molecule has 0 radical (unpaired) electrons. The maximum absolute atomic E-state index is 13.3. The lowest BCUT2D eigenvalue weighted by Crippen LogP contribution is -2.45. The van der Waals surface area contributed by atoms with E-state index in [9.17, 15) is 14.9 Å². The van der Waals surface area contributed by atoms with E-state index in [0.717, 1.165) is 29.8 Å². The Kier molecular flexibility index (Phi) is 7.12. The zero-order chi connectivity index (χ0) is 22.5. The molecule has 0 bridgehead atoms. The zero-order valence-electron chi connectivity index (χ0n) is 18.5. The molecule has 2 aromatic rings. The molecule has 1 aliphatic rings. The van der Waals surface area contributed by atoms with Crippen LogP contribution >= 0.6 is 0 Å². The van der Waals surface area contributed by atoms with Crippen molar-refractivity contribution < 1.29 is 19.2 Å². The van der Waals surface area contributed by atoms with Gasteiger partial charge in [-0.15, -0.1) is 0 Å². The van der Waals surface area contributed by atoms with Crippen LogP contribution in [0.3, 0.4) is 0 Å². The molecule has 1 atom stereocenters.